The average Bonchev–Trinajstić information content (AvgIpc) is 2.40. The van der Waals surface area contributed by atoms with Crippen molar-refractivity contribution in [3.8, 4) is 0 Å². The van der Waals surface area contributed by atoms with Gasteiger partial charge in [-0.1, -0.05) is 30.3 Å². The minimum Gasteiger partial charge on any atom is -0.319 e. The van der Waals surface area contributed by atoms with Gasteiger partial charge in [0.05, 0.1) is 0 Å². The summed E-state index contributed by atoms with van der Waals surface area (Å²) in [6.07, 6.45) is 3.91. The lowest BCUT2D eigenvalue weighted by molar-refractivity contribution is 0.185. The van der Waals surface area contributed by atoms with Crippen LogP contribution in [0.15, 0.2) is 30.3 Å². The van der Waals surface area contributed by atoms with E-state index < -0.39 is 0 Å². The van der Waals surface area contributed by atoms with Gasteiger partial charge in [0.1, 0.15) is 0 Å². The van der Waals surface area contributed by atoms with E-state index >= 15 is 0 Å². The van der Waals surface area contributed by atoms with Gasteiger partial charge in [-0.05, 0) is 57.4 Å². The van der Waals surface area contributed by atoms with E-state index in [2.05, 4.69) is 47.6 Å². The van der Waals surface area contributed by atoms with Crippen LogP contribution in [-0.2, 0) is 6.42 Å². The molecule has 0 aliphatic carbocycles. The molecule has 1 aromatic carbocycles. The number of halogens is 1. The summed E-state index contributed by atoms with van der Waals surface area (Å²) in [5.41, 5.74) is 1.46. The van der Waals surface area contributed by atoms with Crippen molar-refractivity contribution in [1.82, 2.24) is 10.2 Å². The molecule has 102 valence electrons. The van der Waals surface area contributed by atoms with Gasteiger partial charge in [0.25, 0.3) is 0 Å². The highest BCUT2D eigenvalue weighted by atomic mass is 35.5. The Hall–Kier alpha value is -0.570. The first-order chi connectivity index (χ1) is 8.38. The molecule has 1 aliphatic rings. The first kappa shape index (κ1) is 15.5. The van der Waals surface area contributed by atoms with E-state index in [9.17, 15) is 0 Å². The molecule has 0 aromatic heterocycles. The van der Waals surface area contributed by atoms with Crippen LogP contribution in [0.1, 0.15) is 18.4 Å². The van der Waals surface area contributed by atoms with E-state index in [-0.39, 0.29) is 12.4 Å². The van der Waals surface area contributed by atoms with Gasteiger partial charge >= 0.3 is 0 Å². The Kier molecular flexibility index (Phi) is 7.33. The smallest absolute Gasteiger partial charge is 0.00218 e. The van der Waals surface area contributed by atoms with Crippen molar-refractivity contribution in [3.63, 3.8) is 0 Å². The fourth-order valence-corrected chi connectivity index (χ4v) is 2.63. The molecule has 0 spiro atoms. The molecular weight excluding hydrogens is 244 g/mol. The lowest BCUT2D eigenvalue weighted by atomic mass is 9.96. The van der Waals surface area contributed by atoms with E-state index in [0.717, 1.165) is 5.92 Å². The van der Waals surface area contributed by atoms with Crippen molar-refractivity contribution in [2.24, 2.45) is 5.92 Å². The molecule has 0 bridgehead atoms. The summed E-state index contributed by atoms with van der Waals surface area (Å²) in [6.45, 7) is 4.96. The van der Waals surface area contributed by atoms with Crippen LogP contribution in [0.3, 0.4) is 0 Å². The number of benzene rings is 1. The zero-order valence-corrected chi connectivity index (χ0v) is 12.1. The van der Waals surface area contributed by atoms with E-state index in [1.54, 1.807) is 0 Å². The Balaban J connectivity index is 0.00000162. The molecule has 0 unspecified atom stereocenters. The second-order valence-corrected chi connectivity index (χ2v) is 5.08. The van der Waals surface area contributed by atoms with Gasteiger partial charge < -0.3 is 10.2 Å². The fraction of sp³-hybridized carbons (Fsp3) is 0.600. The zero-order valence-electron chi connectivity index (χ0n) is 11.3. The predicted molar refractivity (Wildman–Crippen MR) is 80.5 cm³/mol. The zero-order chi connectivity index (χ0) is 11.9. The third kappa shape index (κ3) is 4.97. The maximum Gasteiger partial charge on any atom is 0.00218 e. The summed E-state index contributed by atoms with van der Waals surface area (Å²) >= 11 is 0. The van der Waals surface area contributed by atoms with Crippen LogP contribution >= 0.6 is 12.4 Å². The highest BCUT2D eigenvalue weighted by molar-refractivity contribution is 5.85. The molecule has 1 aromatic rings. The molecule has 0 atom stereocenters. The normalized spacial score (nSPS) is 17.4. The lowest BCUT2D eigenvalue weighted by Crippen LogP contribution is -2.37. The molecule has 0 radical (unpaired) electrons. The summed E-state index contributed by atoms with van der Waals surface area (Å²) in [6, 6.07) is 10.8. The van der Waals surface area contributed by atoms with Gasteiger partial charge in [-0.25, -0.2) is 0 Å². The van der Waals surface area contributed by atoms with E-state index in [1.807, 2.05) is 0 Å². The minimum absolute atomic E-state index is 0. The van der Waals surface area contributed by atoms with Crippen LogP contribution in [0.2, 0.25) is 0 Å². The molecule has 1 N–H and O–H groups in total. The molecule has 0 amide bonds. The molecule has 1 saturated heterocycles. The first-order valence-electron chi connectivity index (χ1n) is 6.79. The van der Waals surface area contributed by atoms with Crippen LogP contribution in [-0.4, -0.2) is 38.1 Å². The maximum absolute atomic E-state index is 3.29. The number of likely N-dealkylation sites (tertiary alicyclic amines) is 1. The Morgan fingerprint density at radius 2 is 1.83 bits per heavy atom. The Morgan fingerprint density at radius 3 is 2.44 bits per heavy atom. The maximum atomic E-state index is 3.29. The monoisotopic (exact) mass is 268 g/mol. The van der Waals surface area contributed by atoms with Gasteiger partial charge in [-0.2, -0.15) is 0 Å². The van der Waals surface area contributed by atoms with Crippen LogP contribution in [0.25, 0.3) is 0 Å². The van der Waals surface area contributed by atoms with E-state index in [1.165, 1.54) is 51.0 Å². The number of nitrogens with zero attached hydrogens (tertiary/aromatic N) is 1. The lowest BCUT2D eigenvalue weighted by Gasteiger charge is -2.31. The van der Waals surface area contributed by atoms with Gasteiger partial charge in [0, 0.05) is 6.54 Å². The molecule has 2 nitrogen and oxygen atoms in total. The summed E-state index contributed by atoms with van der Waals surface area (Å²) in [7, 11) is 2.06. The third-order valence-corrected chi connectivity index (χ3v) is 3.76. The largest absolute Gasteiger partial charge is 0.319 e. The van der Waals surface area contributed by atoms with Gasteiger partial charge in [-0.3, -0.25) is 0 Å². The number of hydrogen-bond donors (Lipinski definition) is 1. The first-order valence-corrected chi connectivity index (χ1v) is 6.79. The molecule has 2 rings (SSSR count). The fourth-order valence-electron chi connectivity index (χ4n) is 2.63. The van der Waals surface area contributed by atoms with Crippen molar-refractivity contribution >= 4 is 12.4 Å². The van der Waals surface area contributed by atoms with Crippen molar-refractivity contribution in [2.45, 2.75) is 19.3 Å². The van der Waals surface area contributed by atoms with E-state index in [0.29, 0.717) is 0 Å². The highest BCUT2D eigenvalue weighted by Gasteiger charge is 2.17. The second kappa shape index (κ2) is 8.52. The molecular formula is C15H25ClN2. The molecule has 3 heteroatoms. The molecule has 1 aliphatic heterocycles. The van der Waals surface area contributed by atoms with Crippen LogP contribution in [0.5, 0.6) is 0 Å². The standard InChI is InChI=1S/C15H24N2.ClH/c1-16-13-15-8-11-17(12-9-15)10-7-14-5-3-2-4-6-14;/h2-6,15-16H,7-13H2,1H3;1H. The van der Waals surface area contributed by atoms with Crippen LogP contribution in [0, 0.1) is 5.92 Å². The third-order valence-electron chi connectivity index (χ3n) is 3.76. The van der Waals surface area contributed by atoms with E-state index in [4.69, 9.17) is 0 Å². The number of piperidine rings is 1. The Labute approximate surface area is 117 Å². The SMILES string of the molecule is CNCC1CCN(CCc2ccccc2)CC1.Cl. The van der Waals surface area contributed by atoms with Crippen LogP contribution < -0.4 is 5.32 Å². The Morgan fingerprint density at radius 1 is 1.17 bits per heavy atom. The Bertz CT molecular complexity index is 308. The summed E-state index contributed by atoms with van der Waals surface area (Å²) in [5, 5.41) is 3.29. The second-order valence-electron chi connectivity index (χ2n) is 5.08. The highest BCUT2D eigenvalue weighted by Crippen LogP contribution is 2.16. The quantitative estimate of drug-likeness (QED) is 0.883. The van der Waals surface area contributed by atoms with Crippen molar-refractivity contribution in [2.75, 3.05) is 33.2 Å². The number of hydrogen-bond acceptors (Lipinski definition) is 2. The number of rotatable bonds is 5. The predicted octanol–water partition coefficient (Wildman–Crippen LogP) is 2.58. The molecule has 1 fully saturated rings. The van der Waals surface area contributed by atoms with Gasteiger partial charge in [-0.15, -0.1) is 12.4 Å². The van der Waals surface area contributed by atoms with Gasteiger partial charge in [0.15, 0.2) is 0 Å². The number of nitrogens with one attached hydrogen (secondary N) is 1. The molecule has 1 heterocycles. The van der Waals surface area contributed by atoms with Crippen molar-refractivity contribution < 1.29 is 0 Å². The van der Waals surface area contributed by atoms with Crippen LogP contribution in [0.4, 0.5) is 0 Å². The van der Waals surface area contributed by atoms with Crippen molar-refractivity contribution in [1.29, 1.82) is 0 Å². The minimum atomic E-state index is 0. The summed E-state index contributed by atoms with van der Waals surface area (Å²) in [5.74, 6) is 0.896. The summed E-state index contributed by atoms with van der Waals surface area (Å²) in [4.78, 5) is 2.61. The summed E-state index contributed by atoms with van der Waals surface area (Å²) < 4.78 is 0. The average molecular weight is 269 g/mol. The molecule has 0 saturated carbocycles. The van der Waals surface area contributed by atoms with Gasteiger partial charge in [0.2, 0.25) is 0 Å². The van der Waals surface area contributed by atoms with Crippen molar-refractivity contribution in [3.05, 3.63) is 35.9 Å². The topological polar surface area (TPSA) is 15.3 Å². The molecule has 18 heavy (non-hydrogen) atoms.